The summed E-state index contributed by atoms with van der Waals surface area (Å²) in [6.45, 7) is 3.54. The number of ether oxygens (including phenoxy) is 3. The first kappa shape index (κ1) is 25.7. The fraction of sp³-hybridized carbons (Fsp3) is 0.538. The first-order chi connectivity index (χ1) is 17.4. The summed E-state index contributed by atoms with van der Waals surface area (Å²) in [5.41, 5.74) is 0.144. The second-order valence-corrected chi connectivity index (χ2v) is 9.29. The molecule has 1 aliphatic carbocycles. The molecule has 3 aliphatic rings. The van der Waals surface area contributed by atoms with Gasteiger partial charge in [-0.3, -0.25) is 9.59 Å². The highest BCUT2D eigenvalue weighted by molar-refractivity contribution is 5.95. The van der Waals surface area contributed by atoms with Gasteiger partial charge in [0.25, 0.3) is 0 Å². The third kappa shape index (κ3) is 5.70. The third-order valence-electron chi connectivity index (χ3n) is 6.98. The zero-order valence-electron chi connectivity index (χ0n) is 20.5. The summed E-state index contributed by atoms with van der Waals surface area (Å²) in [5.74, 6) is -1.17. The lowest BCUT2D eigenvalue weighted by atomic mass is 9.82. The summed E-state index contributed by atoms with van der Waals surface area (Å²) in [5, 5.41) is 5.37. The molecular weight excluding hydrogens is 466 g/mol. The fourth-order valence-corrected chi connectivity index (χ4v) is 5.09. The maximum Gasteiger partial charge on any atom is 0.338 e. The van der Waals surface area contributed by atoms with Gasteiger partial charge in [-0.05, 0) is 25.3 Å². The molecule has 1 aromatic rings. The molecule has 1 unspecified atom stereocenters. The van der Waals surface area contributed by atoms with Crippen molar-refractivity contribution in [3.63, 3.8) is 0 Å². The predicted molar refractivity (Wildman–Crippen MR) is 128 cm³/mol. The van der Waals surface area contributed by atoms with Crippen molar-refractivity contribution >= 4 is 23.9 Å². The number of carbonyl (C=O) groups is 4. The molecule has 10 nitrogen and oxygen atoms in total. The smallest absolute Gasteiger partial charge is 0.338 e. The largest absolute Gasteiger partial charge is 0.463 e. The molecule has 0 spiro atoms. The van der Waals surface area contributed by atoms with Crippen LogP contribution in [0.1, 0.15) is 50.6 Å². The minimum Gasteiger partial charge on any atom is -0.463 e. The van der Waals surface area contributed by atoms with Gasteiger partial charge in [0.05, 0.1) is 42.5 Å². The van der Waals surface area contributed by atoms with E-state index in [1.165, 1.54) is 0 Å². The van der Waals surface area contributed by atoms with Gasteiger partial charge in [-0.2, -0.15) is 0 Å². The molecule has 2 aliphatic heterocycles. The van der Waals surface area contributed by atoms with Gasteiger partial charge in [-0.1, -0.05) is 43.2 Å². The first-order valence-electron chi connectivity index (χ1n) is 12.5. The Morgan fingerprint density at radius 2 is 1.78 bits per heavy atom. The Morgan fingerprint density at radius 3 is 2.44 bits per heavy atom. The number of amides is 3. The number of esters is 2. The molecule has 0 radical (unpaired) electrons. The number of nitrogens with one attached hydrogen (secondary N) is 2. The van der Waals surface area contributed by atoms with Gasteiger partial charge in [-0.15, -0.1) is 0 Å². The number of benzene rings is 1. The molecule has 3 amide bonds. The average Bonchev–Trinajstić information content (AvgIpc) is 3.37. The molecule has 1 saturated heterocycles. The molecule has 2 fully saturated rings. The number of carbonyl (C=O) groups excluding carboxylic acids is 4. The predicted octanol–water partition coefficient (Wildman–Crippen LogP) is 2.21. The monoisotopic (exact) mass is 499 g/mol. The van der Waals surface area contributed by atoms with Crippen molar-refractivity contribution in [3.8, 4) is 0 Å². The van der Waals surface area contributed by atoms with Crippen molar-refractivity contribution < 1.29 is 33.4 Å². The Morgan fingerprint density at radius 1 is 1.08 bits per heavy atom. The Hall–Kier alpha value is -3.40. The fourth-order valence-electron chi connectivity index (χ4n) is 5.09. The second-order valence-electron chi connectivity index (χ2n) is 9.29. The number of hydrogen-bond donors (Lipinski definition) is 2. The van der Waals surface area contributed by atoms with Crippen molar-refractivity contribution in [1.29, 1.82) is 0 Å². The average molecular weight is 500 g/mol. The van der Waals surface area contributed by atoms with E-state index in [1.54, 1.807) is 36.1 Å². The topological polar surface area (TPSA) is 123 Å². The number of nitrogens with zero attached hydrogens (tertiary/aromatic N) is 1. The number of rotatable bonds is 8. The Labute approximate surface area is 210 Å². The second kappa shape index (κ2) is 11.6. The lowest BCUT2D eigenvalue weighted by Gasteiger charge is -2.32. The summed E-state index contributed by atoms with van der Waals surface area (Å²) in [4.78, 5) is 53.4. The van der Waals surface area contributed by atoms with Crippen molar-refractivity contribution in [3.05, 3.63) is 47.2 Å². The molecule has 1 atom stereocenters. The van der Waals surface area contributed by atoms with Crippen LogP contribution in [0.25, 0.3) is 0 Å². The van der Waals surface area contributed by atoms with E-state index in [0.29, 0.717) is 44.7 Å². The van der Waals surface area contributed by atoms with Gasteiger partial charge in [0.2, 0.25) is 5.91 Å². The van der Waals surface area contributed by atoms with E-state index >= 15 is 0 Å². The van der Waals surface area contributed by atoms with Gasteiger partial charge in [-0.25, -0.2) is 9.59 Å². The normalized spacial score (nSPS) is 21.4. The van der Waals surface area contributed by atoms with Crippen LogP contribution in [0.4, 0.5) is 4.79 Å². The Balaban J connectivity index is 1.54. The van der Waals surface area contributed by atoms with Gasteiger partial charge >= 0.3 is 18.0 Å². The summed E-state index contributed by atoms with van der Waals surface area (Å²) in [6.07, 6.45) is 2.87. The summed E-state index contributed by atoms with van der Waals surface area (Å²) >= 11 is 0. The Kier molecular flexibility index (Phi) is 8.25. The highest BCUT2D eigenvalue weighted by Gasteiger charge is 2.45. The lowest BCUT2D eigenvalue weighted by molar-refractivity contribution is -0.159. The zero-order valence-corrected chi connectivity index (χ0v) is 20.5. The van der Waals surface area contributed by atoms with E-state index in [4.69, 9.17) is 14.2 Å². The standard InChI is InChI=1S/C26H33N3O7/c1-2-35-23(31)21-19(27-25(33)28-22(21)18-8-4-3-5-9-18)17-36-24(32)26(10-6-7-11-26)16-20(30)29-12-14-34-15-13-29/h3-5,8-9,22H,2,6-7,10-17H2,1H3,(H2,27,28,33). The van der Waals surface area contributed by atoms with Crippen molar-refractivity contribution in [2.24, 2.45) is 5.41 Å². The van der Waals surface area contributed by atoms with Crippen LogP contribution in [-0.4, -0.2) is 68.3 Å². The zero-order chi connectivity index (χ0) is 25.5. The quantitative estimate of drug-likeness (QED) is 0.526. The third-order valence-corrected chi connectivity index (χ3v) is 6.98. The summed E-state index contributed by atoms with van der Waals surface area (Å²) < 4.78 is 16.3. The lowest BCUT2D eigenvalue weighted by Crippen LogP contribution is -2.47. The first-order valence-corrected chi connectivity index (χ1v) is 12.5. The van der Waals surface area contributed by atoms with Crippen molar-refractivity contribution in [2.45, 2.75) is 45.1 Å². The van der Waals surface area contributed by atoms with Gasteiger partial charge in [0.15, 0.2) is 0 Å². The molecule has 1 saturated carbocycles. The maximum absolute atomic E-state index is 13.4. The molecule has 2 heterocycles. The molecule has 36 heavy (non-hydrogen) atoms. The number of hydrogen-bond acceptors (Lipinski definition) is 7. The molecule has 4 rings (SSSR count). The van der Waals surface area contributed by atoms with Gasteiger partial charge < -0.3 is 29.7 Å². The molecule has 0 bridgehead atoms. The molecule has 10 heteroatoms. The van der Waals surface area contributed by atoms with E-state index in [-0.39, 0.29) is 36.8 Å². The van der Waals surface area contributed by atoms with Crippen molar-refractivity contribution in [2.75, 3.05) is 39.5 Å². The maximum atomic E-state index is 13.4. The number of urea groups is 1. The highest BCUT2D eigenvalue weighted by atomic mass is 16.5. The van der Waals surface area contributed by atoms with Crippen LogP contribution < -0.4 is 10.6 Å². The van der Waals surface area contributed by atoms with Crippen LogP contribution in [-0.2, 0) is 28.6 Å². The molecule has 194 valence electrons. The Bertz CT molecular complexity index is 1010. The van der Waals surface area contributed by atoms with Gasteiger partial charge in [0, 0.05) is 19.5 Å². The van der Waals surface area contributed by atoms with Crippen LogP contribution in [0, 0.1) is 5.41 Å². The molecule has 0 aromatic heterocycles. The van der Waals surface area contributed by atoms with Crippen LogP contribution in [0.15, 0.2) is 41.6 Å². The highest BCUT2D eigenvalue weighted by Crippen LogP contribution is 2.43. The van der Waals surface area contributed by atoms with E-state index in [1.807, 2.05) is 6.07 Å². The SMILES string of the molecule is CCOC(=O)C1=C(COC(=O)C2(CC(=O)N3CCOCC3)CCCC2)NC(=O)NC1c1ccccc1. The summed E-state index contributed by atoms with van der Waals surface area (Å²) in [7, 11) is 0. The summed E-state index contributed by atoms with van der Waals surface area (Å²) in [6, 6.07) is 7.77. The minimum atomic E-state index is -0.907. The van der Waals surface area contributed by atoms with E-state index < -0.39 is 29.4 Å². The van der Waals surface area contributed by atoms with E-state index in [0.717, 1.165) is 12.8 Å². The van der Waals surface area contributed by atoms with E-state index in [2.05, 4.69) is 10.6 Å². The van der Waals surface area contributed by atoms with Gasteiger partial charge in [0.1, 0.15) is 6.61 Å². The van der Waals surface area contributed by atoms with Crippen LogP contribution in [0.5, 0.6) is 0 Å². The minimum absolute atomic E-state index is 0.0795. The molecular formula is C26H33N3O7. The van der Waals surface area contributed by atoms with E-state index in [9.17, 15) is 19.2 Å². The van der Waals surface area contributed by atoms with Crippen LogP contribution >= 0.6 is 0 Å². The molecule has 1 aromatic carbocycles. The number of morpholine rings is 1. The molecule has 2 N–H and O–H groups in total. The van der Waals surface area contributed by atoms with Crippen LogP contribution in [0.2, 0.25) is 0 Å². The van der Waals surface area contributed by atoms with Crippen molar-refractivity contribution in [1.82, 2.24) is 15.5 Å². The van der Waals surface area contributed by atoms with Crippen LogP contribution in [0.3, 0.4) is 0 Å².